The Morgan fingerprint density at radius 1 is 1.21 bits per heavy atom. The summed E-state index contributed by atoms with van der Waals surface area (Å²) in [6.45, 7) is 5.81. The van der Waals surface area contributed by atoms with Gasteiger partial charge in [-0.15, -0.1) is 0 Å². The van der Waals surface area contributed by atoms with E-state index in [9.17, 15) is 22.8 Å². The lowest BCUT2D eigenvalue weighted by atomic mass is 9.97. The highest BCUT2D eigenvalue weighted by atomic mass is 19.4. The fraction of sp³-hybridized carbons (Fsp3) is 0.368. The van der Waals surface area contributed by atoms with Gasteiger partial charge in [0.2, 0.25) is 0 Å². The Morgan fingerprint density at radius 3 is 2.39 bits per heavy atom. The topological polar surface area (TPSA) is 92.2 Å². The van der Waals surface area contributed by atoms with E-state index in [0.717, 1.165) is 6.07 Å². The first kappa shape index (κ1) is 21.3. The van der Waals surface area contributed by atoms with Crippen LogP contribution in [-0.4, -0.2) is 26.8 Å². The number of carboxylic acids is 1. The molecule has 6 nitrogen and oxygen atoms in total. The minimum absolute atomic E-state index is 0.0180. The second-order valence-corrected chi connectivity index (χ2v) is 6.45. The largest absolute Gasteiger partial charge is 0.481 e. The van der Waals surface area contributed by atoms with Crippen molar-refractivity contribution in [2.24, 2.45) is 0 Å². The molecule has 0 radical (unpaired) electrons. The summed E-state index contributed by atoms with van der Waals surface area (Å²) >= 11 is 0. The molecule has 0 spiro atoms. The van der Waals surface area contributed by atoms with Gasteiger partial charge in [0.15, 0.2) is 5.78 Å². The molecule has 0 aliphatic heterocycles. The van der Waals surface area contributed by atoms with Gasteiger partial charge in [0.05, 0.1) is 29.3 Å². The summed E-state index contributed by atoms with van der Waals surface area (Å²) in [5, 5.41) is 12.0. The number of anilines is 1. The van der Waals surface area contributed by atoms with Crippen LogP contribution in [0.3, 0.4) is 0 Å². The zero-order valence-corrected chi connectivity index (χ0v) is 15.8. The summed E-state index contributed by atoms with van der Waals surface area (Å²) in [4.78, 5) is 31.4. The van der Waals surface area contributed by atoms with Crippen LogP contribution in [0.1, 0.15) is 58.5 Å². The van der Waals surface area contributed by atoms with E-state index in [1.807, 2.05) is 0 Å². The summed E-state index contributed by atoms with van der Waals surface area (Å²) in [6, 6.07) is 3.26. The average Bonchev–Trinajstić information content (AvgIpc) is 2.52. The van der Waals surface area contributed by atoms with Crippen LogP contribution in [0.5, 0.6) is 0 Å². The van der Waals surface area contributed by atoms with Crippen LogP contribution in [-0.2, 0) is 17.4 Å². The molecule has 0 saturated carbocycles. The maximum atomic E-state index is 13.2. The van der Waals surface area contributed by atoms with Crippen molar-refractivity contribution in [2.75, 3.05) is 5.32 Å². The molecule has 150 valence electrons. The molecule has 0 fully saturated rings. The number of alkyl halides is 3. The first-order chi connectivity index (χ1) is 12.9. The third-order valence-corrected chi connectivity index (χ3v) is 4.27. The molecule has 1 aromatic carbocycles. The number of rotatable bonds is 6. The van der Waals surface area contributed by atoms with Gasteiger partial charge in [-0.05, 0) is 44.9 Å². The Labute approximate surface area is 159 Å². The maximum absolute atomic E-state index is 13.2. The minimum atomic E-state index is -4.48. The maximum Gasteiger partial charge on any atom is 0.416 e. The van der Waals surface area contributed by atoms with E-state index in [-0.39, 0.29) is 28.5 Å². The molecule has 1 aromatic heterocycles. The lowest BCUT2D eigenvalue weighted by molar-refractivity contribution is -0.138. The standard InChI is InChI=1S/C19H20F3N3O3/c1-9-13(6-5-7-14(9)19(20,21)22)10(2)23-18-17(11(3)26)15(8-16(27)28)24-12(4)25-18/h5-7,10H,8H2,1-4H3,(H,27,28)(H,23,24,25)/t10-/m1/s1. The van der Waals surface area contributed by atoms with Gasteiger partial charge in [-0.1, -0.05) is 12.1 Å². The van der Waals surface area contributed by atoms with Gasteiger partial charge in [-0.3, -0.25) is 9.59 Å². The third kappa shape index (κ3) is 4.65. The molecule has 2 N–H and O–H groups in total. The Balaban J connectivity index is 2.50. The number of hydrogen-bond donors (Lipinski definition) is 2. The van der Waals surface area contributed by atoms with Gasteiger partial charge in [-0.25, -0.2) is 9.97 Å². The van der Waals surface area contributed by atoms with Crippen LogP contribution in [0, 0.1) is 13.8 Å². The number of aryl methyl sites for hydroxylation is 1. The quantitative estimate of drug-likeness (QED) is 0.715. The lowest BCUT2D eigenvalue weighted by Gasteiger charge is -2.22. The number of benzene rings is 1. The number of Topliss-reactive ketones (excluding diaryl/α,β-unsaturated/α-hetero) is 1. The summed E-state index contributed by atoms with van der Waals surface area (Å²) in [5.74, 6) is -1.25. The number of ketones is 1. The number of nitrogens with zero attached hydrogens (tertiary/aromatic N) is 2. The van der Waals surface area contributed by atoms with E-state index in [4.69, 9.17) is 5.11 Å². The Morgan fingerprint density at radius 2 is 1.86 bits per heavy atom. The number of aromatic nitrogens is 2. The zero-order valence-electron chi connectivity index (χ0n) is 15.8. The monoisotopic (exact) mass is 395 g/mol. The molecule has 0 saturated heterocycles. The number of carbonyl (C=O) groups excluding carboxylic acids is 1. The molecule has 28 heavy (non-hydrogen) atoms. The highest BCUT2D eigenvalue weighted by molar-refractivity contribution is 6.00. The van der Waals surface area contributed by atoms with Crippen molar-refractivity contribution in [1.82, 2.24) is 9.97 Å². The van der Waals surface area contributed by atoms with Gasteiger partial charge in [0.25, 0.3) is 0 Å². The lowest BCUT2D eigenvalue weighted by Crippen LogP contribution is -2.18. The van der Waals surface area contributed by atoms with Crippen LogP contribution >= 0.6 is 0 Å². The SMILES string of the molecule is CC(=O)c1c(CC(=O)O)nc(C)nc1N[C@H](C)c1cccc(C(F)(F)F)c1C. The molecular formula is C19H20F3N3O3. The molecule has 1 heterocycles. The van der Waals surface area contributed by atoms with Crippen molar-refractivity contribution >= 4 is 17.6 Å². The first-order valence-electron chi connectivity index (χ1n) is 8.45. The van der Waals surface area contributed by atoms with Crippen LogP contribution in [0.25, 0.3) is 0 Å². The van der Waals surface area contributed by atoms with E-state index in [1.54, 1.807) is 19.9 Å². The second-order valence-electron chi connectivity index (χ2n) is 6.45. The highest BCUT2D eigenvalue weighted by Crippen LogP contribution is 2.35. The molecular weight excluding hydrogens is 375 g/mol. The van der Waals surface area contributed by atoms with Gasteiger partial charge in [0.1, 0.15) is 11.6 Å². The molecule has 1 atom stereocenters. The van der Waals surface area contributed by atoms with Crippen LogP contribution in [0.15, 0.2) is 18.2 Å². The van der Waals surface area contributed by atoms with Crippen molar-refractivity contribution in [1.29, 1.82) is 0 Å². The van der Waals surface area contributed by atoms with E-state index < -0.39 is 36.0 Å². The van der Waals surface area contributed by atoms with E-state index in [0.29, 0.717) is 5.56 Å². The molecule has 0 aliphatic carbocycles. The van der Waals surface area contributed by atoms with Crippen molar-refractivity contribution in [3.05, 3.63) is 52.0 Å². The predicted octanol–water partition coefficient (Wildman–Crippen LogP) is 4.12. The van der Waals surface area contributed by atoms with E-state index in [1.165, 1.54) is 19.9 Å². The predicted molar refractivity (Wildman–Crippen MR) is 96.3 cm³/mol. The van der Waals surface area contributed by atoms with E-state index >= 15 is 0 Å². The van der Waals surface area contributed by atoms with Gasteiger partial charge in [0, 0.05) is 0 Å². The molecule has 0 unspecified atom stereocenters. The Bertz CT molecular complexity index is 927. The van der Waals surface area contributed by atoms with Crippen molar-refractivity contribution in [2.45, 2.75) is 46.3 Å². The third-order valence-electron chi connectivity index (χ3n) is 4.27. The molecule has 0 amide bonds. The highest BCUT2D eigenvalue weighted by Gasteiger charge is 2.33. The number of carboxylic acid groups (broad SMARTS) is 1. The van der Waals surface area contributed by atoms with Crippen LogP contribution in [0.4, 0.5) is 19.0 Å². The molecule has 9 heteroatoms. The number of halogens is 3. The molecule has 0 aliphatic rings. The normalized spacial score (nSPS) is 12.5. The van der Waals surface area contributed by atoms with Crippen molar-refractivity contribution < 1.29 is 27.9 Å². The Hall–Kier alpha value is -2.97. The van der Waals surface area contributed by atoms with E-state index in [2.05, 4.69) is 15.3 Å². The minimum Gasteiger partial charge on any atom is -0.481 e. The number of hydrogen-bond acceptors (Lipinski definition) is 5. The fourth-order valence-electron chi connectivity index (χ4n) is 3.09. The summed E-state index contributed by atoms with van der Waals surface area (Å²) in [5.41, 5.74) is -0.209. The Kier molecular flexibility index (Phi) is 6.06. The number of carbonyl (C=O) groups is 2. The molecule has 0 bridgehead atoms. The fourth-order valence-corrected chi connectivity index (χ4v) is 3.09. The van der Waals surface area contributed by atoms with Gasteiger partial charge >= 0.3 is 12.1 Å². The van der Waals surface area contributed by atoms with Crippen LogP contribution < -0.4 is 5.32 Å². The molecule has 2 rings (SSSR count). The average molecular weight is 395 g/mol. The number of nitrogens with one attached hydrogen (secondary N) is 1. The summed E-state index contributed by atoms with van der Waals surface area (Å²) in [7, 11) is 0. The zero-order chi connectivity index (χ0) is 21.2. The number of aliphatic carboxylic acids is 1. The summed E-state index contributed by atoms with van der Waals surface area (Å²) < 4.78 is 39.5. The van der Waals surface area contributed by atoms with Gasteiger partial charge in [-0.2, -0.15) is 13.2 Å². The first-order valence-corrected chi connectivity index (χ1v) is 8.45. The van der Waals surface area contributed by atoms with Crippen molar-refractivity contribution in [3.63, 3.8) is 0 Å². The second kappa shape index (κ2) is 7.95. The van der Waals surface area contributed by atoms with Gasteiger partial charge < -0.3 is 10.4 Å². The molecule has 2 aromatic rings. The summed E-state index contributed by atoms with van der Waals surface area (Å²) in [6.07, 6.45) is -4.95. The van der Waals surface area contributed by atoms with Crippen LogP contribution in [0.2, 0.25) is 0 Å². The smallest absolute Gasteiger partial charge is 0.416 e. The van der Waals surface area contributed by atoms with Crippen molar-refractivity contribution in [3.8, 4) is 0 Å².